The van der Waals surface area contributed by atoms with E-state index in [1.807, 2.05) is 4.68 Å². The first-order valence-electron chi connectivity index (χ1n) is 7.08. The zero-order chi connectivity index (χ0) is 14.3. The summed E-state index contributed by atoms with van der Waals surface area (Å²) in [7, 11) is 0. The molecule has 0 aliphatic carbocycles. The summed E-state index contributed by atoms with van der Waals surface area (Å²) in [6.45, 7) is 13.8. The lowest BCUT2D eigenvalue weighted by Gasteiger charge is -2.19. The molecule has 0 aliphatic heterocycles. The largest absolute Gasteiger partial charge is 0.380 e. The summed E-state index contributed by atoms with van der Waals surface area (Å²) in [5.74, 6) is 1.53. The molecule has 5 nitrogen and oxygen atoms in total. The molecule has 1 rings (SSSR count). The van der Waals surface area contributed by atoms with Crippen LogP contribution in [0.3, 0.4) is 0 Å². The molecule has 1 aromatic rings. The monoisotopic (exact) mass is 268 g/mol. The van der Waals surface area contributed by atoms with Gasteiger partial charge in [0.05, 0.1) is 19.7 Å². The van der Waals surface area contributed by atoms with E-state index in [1.165, 1.54) is 0 Å². The second-order valence-electron chi connectivity index (χ2n) is 6.32. The number of rotatable bonds is 8. The molecule has 0 saturated heterocycles. The van der Waals surface area contributed by atoms with Crippen LogP contribution in [0.1, 0.15) is 46.9 Å². The van der Waals surface area contributed by atoms with E-state index in [2.05, 4.69) is 50.0 Å². The molecule has 0 saturated carbocycles. The van der Waals surface area contributed by atoms with Crippen LogP contribution in [-0.2, 0) is 17.8 Å². The van der Waals surface area contributed by atoms with Crippen molar-refractivity contribution in [3.8, 4) is 0 Å². The summed E-state index contributed by atoms with van der Waals surface area (Å²) in [5, 5.41) is 7.78. The van der Waals surface area contributed by atoms with Gasteiger partial charge in [0, 0.05) is 12.1 Å². The SMILES string of the molecule is CC(C)CCOCCn1cnc(CNC(C)(C)C)n1. The molecule has 1 heterocycles. The number of hydrogen-bond donors (Lipinski definition) is 1. The maximum Gasteiger partial charge on any atom is 0.164 e. The average molecular weight is 268 g/mol. The van der Waals surface area contributed by atoms with Gasteiger partial charge in [-0.3, -0.25) is 4.68 Å². The molecule has 0 unspecified atom stereocenters. The molecule has 0 aromatic carbocycles. The average Bonchev–Trinajstić information content (AvgIpc) is 2.72. The first-order chi connectivity index (χ1) is 8.87. The van der Waals surface area contributed by atoms with Gasteiger partial charge < -0.3 is 10.1 Å². The Balaban J connectivity index is 2.20. The number of aromatic nitrogens is 3. The predicted molar refractivity (Wildman–Crippen MR) is 76.9 cm³/mol. The van der Waals surface area contributed by atoms with Crippen molar-refractivity contribution in [1.29, 1.82) is 0 Å². The molecule has 0 bridgehead atoms. The Hall–Kier alpha value is -0.940. The fourth-order valence-corrected chi connectivity index (χ4v) is 1.45. The zero-order valence-electron chi connectivity index (χ0n) is 12.9. The highest BCUT2D eigenvalue weighted by molar-refractivity contribution is 4.83. The van der Waals surface area contributed by atoms with Crippen LogP contribution in [-0.4, -0.2) is 33.5 Å². The van der Waals surface area contributed by atoms with Gasteiger partial charge in [-0.2, -0.15) is 5.10 Å². The van der Waals surface area contributed by atoms with Crippen molar-refractivity contribution in [2.75, 3.05) is 13.2 Å². The van der Waals surface area contributed by atoms with Gasteiger partial charge >= 0.3 is 0 Å². The van der Waals surface area contributed by atoms with Crippen molar-refractivity contribution in [2.24, 2.45) is 5.92 Å². The third kappa shape index (κ3) is 7.95. The summed E-state index contributed by atoms with van der Waals surface area (Å²) < 4.78 is 7.41. The van der Waals surface area contributed by atoms with Crippen LogP contribution < -0.4 is 5.32 Å². The minimum atomic E-state index is 0.0887. The first kappa shape index (κ1) is 16.1. The van der Waals surface area contributed by atoms with E-state index in [0.717, 1.165) is 25.4 Å². The van der Waals surface area contributed by atoms with Gasteiger partial charge in [-0.05, 0) is 33.1 Å². The Morgan fingerprint density at radius 2 is 2.05 bits per heavy atom. The van der Waals surface area contributed by atoms with Crippen LogP contribution in [0.5, 0.6) is 0 Å². The summed E-state index contributed by atoms with van der Waals surface area (Å²) in [6.07, 6.45) is 2.88. The Labute approximate surface area is 116 Å². The molecule has 0 spiro atoms. The van der Waals surface area contributed by atoms with Gasteiger partial charge in [-0.25, -0.2) is 4.98 Å². The van der Waals surface area contributed by atoms with Crippen LogP contribution in [0.15, 0.2) is 6.33 Å². The molecule has 1 aromatic heterocycles. The van der Waals surface area contributed by atoms with Gasteiger partial charge in [-0.15, -0.1) is 0 Å². The van der Waals surface area contributed by atoms with E-state index in [4.69, 9.17) is 4.74 Å². The molecule has 1 N–H and O–H groups in total. The van der Waals surface area contributed by atoms with Crippen molar-refractivity contribution in [3.63, 3.8) is 0 Å². The van der Waals surface area contributed by atoms with Crippen LogP contribution in [0.25, 0.3) is 0 Å². The second-order valence-corrected chi connectivity index (χ2v) is 6.32. The Morgan fingerprint density at radius 1 is 1.32 bits per heavy atom. The molecule has 110 valence electrons. The fraction of sp³-hybridized carbons (Fsp3) is 0.857. The Bertz CT molecular complexity index is 355. The van der Waals surface area contributed by atoms with Gasteiger partial charge in [0.25, 0.3) is 0 Å². The smallest absolute Gasteiger partial charge is 0.164 e. The molecule has 5 heteroatoms. The maximum absolute atomic E-state index is 5.57. The number of hydrogen-bond acceptors (Lipinski definition) is 4. The van der Waals surface area contributed by atoms with Crippen LogP contribution in [0.2, 0.25) is 0 Å². The third-order valence-electron chi connectivity index (χ3n) is 2.67. The van der Waals surface area contributed by atoms with Crippen molar-refractivity contribution in [2.45, 2.75) is 59.7 Å². The summed E-state index contributed by atoms with van der Waals surface area (Å²) in [4.78, 5) is 4.28. The topological polar surface area (TPSA) is 52.0 Å². The molecule has 0 radical (unpaired) electrons. The quantitative estimate of drug-likeness (QED) is 0.735. The fourth-order valence-electron chi connectivity index (χ4n) is 1.45. The molecular formula is C14H28N4O. The molecule has 0 fully saturated rings. The van der Waals surface area contributed by atoms with Gasteiger partial charge in [-0.1, -0.05) is 13.8 Å². The van der Waals surface area contributed by atoms with E-state index < -0.39 is 0 Å². The molecule has 0 aliphatic rings. The van der Waals surface area contributed by atoms with E-state index >= 15 is 0 Å². The predicted octanol–water partition coefficient (Wildman–Crippen LogP) is 2.23. The van der Waals surface area contributed by atoms with Crippen LogP contribution in [0.4, 0.5) is 0 Å². The summed E-state index contributed by atoms with van der Waals surface area (Å²) >= 11 is 0. The second kappa shape index (κ2) is 7.60. The van der Waals surface area contributed by atoms with Crippen LogP contribution in [0, 0.1) is 5.92 Å². The van der Waals surface area contributed by atoms with E-state index in [9.17, 15) is 0 Å². The van der Waals surface area contributed by atoms with Crippen molar-refractivity contribution >= 4 is 0 Å². The first-order valence-corrected chi connectivity index (χ1v) is 7.08. The summed E-state index contributed by atoms with van der Waals surface area (Å²) in [5.41, 5.74) is 0.0887. The summed E-state index contributed by atoms with van der Waals surface area (Å²) in [6, 6.07) is 0. The normalized spacial score (nSPS) is 12.3. The van der Waals surface area contributed by atoms with Gasteiger partial charge in [0.2, 0.25) is 0 Å². The number of nitrogens with one attached hydrogen (secondary N) is 1. The van der Waals surface area contributed by atoms with E-state index in [1.54, 1.807) is 6.33 Å². The molecule has 0 amide bonds. The lowest BCUT2D eigenvalue weighted by Crippen LogP contribution is -2.35. The lowest BCUT2D eigenvalue weighted by molar-refractivity contribution is 0.114. The number of ether oxygens (including phenoxy) is 1. The minimum absolute atomic E-state index is 0.0887. The van der Waals surface area contributed by atoms with Crippen molar-refractivity contribution in [1.82, 2.24) is 20.1 Å². The standard InChI is InChI=1S/C14H28N4O/c1-12(2)6-8-19-9-7-18-11-15-13(17-18)10-16-14(3,4)5/h11-12,16H,6-10H2,1-5H3. The third-order valence-corrected chi connectivity index (χ3v) is 2.67. The van der Waals surface area contributed by atoms with Crippen molar-refractivity contribution in [3.05, 3.63) is 12.2 Å². The molecule has 19 heavy (non-hydrogen) atoms. The molecular weight excluding hydrogens is 240 g/mol. The zero-order valence-corrected chi connectivity index (χ0v) is 12.9. The lowest BCUT2D eigenvalue weighted by atomic mass is 10.1. The Kier molecular flexibility index (Phi) is 6.45. The van der Waals surface area contributed by atoms with Gasteiger partial charge in [0.15, 0.2) is 5.82 Å². The highest BCUT2D eigenvalue weighted by Gasteiger charge is 2.10. The van der Waals surface area contributed by atoms with Crippen molar-refractivity contribution < 1.29 is 4.74 Å². The highest BCUT2D eigenvalue weighted by atomic mass is 16.5. The highest BCUT2D eigenvalue weighted by Crippen LogP contribution is 2.01. The maximum atomic E-state index is 5.57. The Morgan fingerprint density at radius 3 is 2.68 bits per heavy atom. The van der Waals surface area contributed by atoms with Gasteiger partial charge in [0.1, 0.15) is 6.33 Å². The van der Waals surface area contributed by atoms with E-state index in [-0.39, 0.29) is 5.54 Å². The number of nitrogens with zero attached hydrogens (tertiary/aromatic N) is 3. The molecule has 0 atom stereocenters. The minimum Gasteiger partial charge on any atom is -0.380 e. The van der Waals surface area contributed by atoms with E-state index in [0.29, 0.717) is 19.1 Å². The van der Waals surface area contributed by atoms with Crippen LogP contribution >= 0.6 is 0 Å².